The second kappa shape index (κ2) is 5.78. The molecule has 0 atom stereocenters. The Morgan fingerprint density at radius 1 is 1.20 bits per heavy atom. The van der Waals surface area contributed by atoms with Crippen molar-refractivity contribution in [2.24, 2.45) is 0 Å². The second-order valence-corrected chi connectivity index (χ2v) is 6.39. The minimum Gasteiger partial charge on any atom is -0.253 e. The molecular formula is C15H15BrClN3. The van der Waals surface area contributed by atoms with Crippen molar-refractivity contribution in [3.05, 3.63) is 39.2 Å². The highest BCUT2D eigenvalue weighted by Crippen LogP contribution is 2.39. The SMILES string of the molecule is Cc1ccc(-c2nc(Cl)c(Br)c(C3CCCC3)n2)nc1. The minimum atomic E-state index is 0.472. The van der Waals surface area contributed by atoms with Gasteiger partial charge in [0.05, 0.1) is 10.2 Å². The van der Waals surface area contributed by atoms with E-state index >= 15 is 0 Å². The van der Waals surface area contributed by atoms with Gasteiger partial charge in [0.1, 0.15) is 10.8 Å². The zero-order chi connectivity index (χ0) is 14.1. The van der Waals surface area contributed by atoms with Crippen molar-refractivity contribution >= 4 is 27.5 Å². The number of aromatic nitrogens is 3. The first-order valence-electron chi connectivity index (χ1n) is 6.81. The van der Waals surface area contributed by atoms with Crippen LogP contribution in [0.25, 0.3) is 11.5 Å². The zero-order valence-corrected chi connectivity index (χ0v) is 13.6. The van der Waals surface area contributed by atoms with Crippen molar-refractivity contribution in [2.75, 3.05) is 0 Å². The van der Waals surface area contributed by atoms with Crippen LogP contribution >= 0.6 is 27.5 Å². The molecule has 104 valence electrons. The molecule has 1 fully saturated rings. The van der Waals surface area contributed by atoms with Gasteiger partial charge in [-0.05, 0) is 47.3 Å². The van der Waals surface area contributed by atoms with Crippen molar-refractivity contribution < 1.29 is 0 Å². The molecule has 0 bridgehead atoms. The normalized spacial score (nSPS) is 15.8. The molecule has 0 unspecified atom stereocenters. The molecule has 5 heteroatoms. The third kappa shape index (κ3) is 2.72. The van der Waals surface area contributed by atoms with Crippen LogP contribution < -0.4 is 0 Å². The van der Waals surface area contributed by atoms with Crippen LogP contribution in [-0.2, 0) is 0 Å². The summed E-state index contributed by atoms with van der Waals surface area (Å²) < 4.78 is 0.835. The van der Waals surface area contributed by atoms with E-state index in [2.05, 4.69) is 25.9 Å². The van der Waals surface area contributed by atoms with Gasteiger partial charge in [-0.3, -0.25) is 4.98 Å². The van der Waals surface area contributed by atoms with E-state index < -0.39 is 0 Å². The summed E-state index contributed by atoms with van der Waals surface area (Å²) in [5.74, 6) is 1.09. The fourth-order valence-corrected chi connectivity index (χ4v) is 3.30. The van der Waals surface area contributed by atoms with Crippen molar-refractivity contribution in [1.29, 1.82) is 0 Å². The lowest BCUT2D eigenvalue weighted by atomic mass is 10.0. The Morgan fingerprint density at radius 2 is 1.95 bits per heavy atom. The first kappa shape index (κ1) is 14.0. The molecule has 0 spiro atoms. The van der Waals surface area contributed by atoms with Gasteiger partial charge in [0.25, 0.3) is 0 Å². The molecule has 0 radical (unpaired) electrons. The van der Waals surface area contributed by atoms with E-state index in [0.29, 0.717) is 16.9 Å². The maximum absolute atomic E-state index is 6.25. The Hall–Kier alpha value is -1.00. The summed E-state index contributed by atoms with van der Waals surface area (Å²) in [4.78, 5) is 13.4. The summed E-state index contributed by atoms with van der Waals surface area (Å²) in [6.45, 7) is 2.01. The predicted octanol–water partition coefficient (Wildman–Crippen LogP) is 4.92. The van der Waals surface area contributed by atoms with Crippen LogP contribution in [0.5, 0.6) is 0 Å². The number of hydrogen-bond acceptors (Lipinski definition) is 3. The average molecular weight is 353 g/mol. The summed E-state index contributed by atoms with van der Waals surface area (Å²) in [6, 6.07) is 3.95. The van der Waals surface area contributed by atoms with E-state index in [1.165, 1.54) is 25.7 Å². The van der Waals surface area contributed by atoms with Gasteiger partial charge in [-0.2, -0.15) is 0 Å². The number of hydrogen-bond donors (Lipinski definition) is 0. The topological polar surface area (TPSA) is 38.7 Å². The van der Waals surface area contributed by atoms with Crippen LogP contribution in [0.2, 0.25) is 5.15 Å². The molecule has 20 heavy (non-hydrogen) atoms. The first-order chi connectivity index (χ1) is 9.65. The van der Waals surface area contributed by atoms with Gasteiger partial charge in [-0.1, -0.05) is 30.5 Å². The fraction of sp³-hybridized carbons (Fsp3) is 0.400. The Bertz CT molecular complexity index is 622. The molecule has 3 nitrogen and oxygen atoms in total. The van der Waals surface area contributed by atoms with Crippen LogP contribution in [-0.4, -0.2) is 15.0 Å². The van der Waals surface area contributed by atoms with Crippen LogP contribution in [0.4, 0.5) is 0 Å². The quantitative estimate of drug-likeness (QED) is 0.720. The summed E-state index contributed by atoms with van der Waals surface area (Å²) in [5.41, 5.74) is 2.91. The molecule has 0 aliphatic heterocycles. The van der Waals surface area contributed by atoms with Gasteiger partial charge >= 0.3 is 0 Å². The summed E-state index contributed by atoms with van der Waals surface area (Å²) in [7, 11) is 0. The lowest BCUT2D eigenvalue weighted by molar-refractivity contribution is 0.690. The Kier molecular flexibility index (Phi) is 4.03. The largest absolute Gasteiger partial charge is 0.253 e. The van der Waals surface area contributed by atoms with Crippen LogP contribution in [0.1, 0.15) is 42.9 Å². The second-order valence-electron chi connectivity index (χ2n) is 5.24. The molecule has 0 aromatic carbocycles. The summed E-state index contributed by atoms with van der Waals surface area (Å²) in [5, 5.41) is 0.472. The summed E-state index contributed by atoms with van der Waals surface area (Å²) in [6.07, 6.45) is 6.69. The van der Waals surface area contributed by atoms with Crippen LogP contribution in [0.15, 0.2) is 22.8 Å². The van der Waals surface area contributed by atoms with Crippen molar-refractivity contribution in [3.63, 3.8) is 0 Å². The summed E-state index contributed by atoms with van der Waals surface area (Å²) >= 11 is 9.78. The van der Waals surface area contributed by atoms with Crippen LogP contribution in [0.3, 0.4) is 0 Å². The van der Waals surface area contributed by atoms with Crippen molar-refractivity contribution in [1.82, 2.24) is 15.0 Å². The van der Waals surface area contributed by atoms with E-state index in [0.717, 1.165) is 21.4 Å². The molecule has 2 aromatic heterocycles. The van der Waals surface area contributed by atoms with Gasteiger partial charge in [0.15, 0.2) is 5.82 Å². The molecule has 0 saturated heterocycles. The van der Waals surface area contributed by atoms with Gasteiger partial charge in [0, 0.05) is 12.1 Å². The third-order valence-electron chi connectivity index (χ3n) is 3.72. The lowest BCUT2D eigenvalue weighted by Gasteiger charge is -2.13. The van der Waals surface area contributed by atoms with E-state index in [1.807, 2.05) is 25.3 Å². The van der Waals surface area contributed by atoms with Gasteiger partial charge in [-0.25, -0.2) is 9.97 Å². The maximum Gasteiger partial charge on any atom is 0.179 e. The monoisotopic (exact) mass is 351 g/mol. The molecule has 1 aliphatic carbocycles. The molecule has 2 aromatic rings. The standard InChI is InChI=1S/C15H15BrClN3/c1-9-6-7-11(18-8-9)15-19-13(10-4-2-3-5-10)12(16)14(17)20-15/h6-8,10H,2-5H2,1H3. The Morgan fingerprint density at radius 3 is 2.60 bits per heavy atom. The zero-order valence-electron chi connectivity index (χ0n) is 11.2. The van der Waals surface area contributed by atoms with E-state index in [4.69, 9.17) is 16.6 Å². The molecule has 0 N–H and O–H groups in total. The van der Waals surface area contributed by atoms with Crippen molar-refractivity contribution in [2.45, 2.75) is 38.5 Å². The average Bonchev–Trinajstić information content (AvgIpc) is 2.96. The lowest BCUT2D eigenvalue weighted by Crippen LogP contribution is -2.03. The van der Waals surface area contributed by atoms with Gasteiger partial charge in [-0.15, -0.1) is 0 Å². The smallest absolute Gasteiger partial charge is 0.179 e. The molecule has 0 amide bonds. The molecular weight excluding hydrogens is 338 g/mol. The number of halogens is 2. The first-order valence-corrected chi connectivity index (χ1v) is 7.98. The van der Waals surface area contributed by atoms with Crippen LogP contribution in [0, 0.1) is 6.92 Å². The number of rotatable bonds is 2. The molecule has 1 aliphatic rings. The van der Waals surface area contributed by atoms with E-state index in [9.17, 15) is 0 Å². The van der Waals surface area contributed by atoms with Gasteiger partial charge in [0.2, 0.25) is 0 Å². The highest BCUT2D eigenvalue weighted by Gasteiger charge is 2.23. The maximum atomic E-state index is 6.25. The minimum absolute atomic E-state index is 0.472. The highest BCUT2D eigenvalue weighted by atomic mass is 79.9. The number of pyridine rings is 1. The molecule has 3 rings (SSSR count). The third-order valence-corrected chi connectivity index (χ3v) is 5.00. The predicted molar refractivity (Wildman–Crippen MR) is 83.9 cm³/mol. The highest BCUT2D eigenvalue weighted by molar-refractivity contribution is 9.10. The Balaban J connectivity index is 2.05. The number of nitrogens with zero attached hydrogens (tertiary/aromatic N) is 3. The fourth-order valence-electron chi connectivity index (χ4n) is 2.62. The number of aryl methyl sites for hydroxylation is 1. The molecule has 1 saturated carbocycles. The molecule has 2 heterocycles. The van der Waals surface area contributed by atoms with Crippen molar-refractivity contribution in [3.8, 4) is 11.5 Å². The van der Waals surface area contributed by atoms with Gasteiger partial charge < -0.3 is 0 Å². The Labute approximate surface area is 132 Å². The van der Waals surface area contributed by atoms with E-state index in [1.54, 1.807) is 0 Å². The van der Waals surface area contributed by atoms with E-state index in [-0.39, 0.29) is 0 Å².